The number of aliphatic hydroxyl groups excluding tert-OH is 1. The molecule has 0 bridgehead atoms. The molecule has 1 rings (SSSR count). The van der Waals surface area contributed by atoms with Gasteiger partial charge >= 0.3 is 0 Å². The Hall–Kier alpha value is -0.560. The van der Waals surface area contributed by atoms with Gasteiger partial charge in [-0.3, -0.25) is 0 Å². The molecule has 0 saturated heterocycles. The lowest BCUT2D eigenvalue weighted by Gasteiger charge is -2.36. The standard InChI is InChI=1S/C11H16FIN2O/c1-11(2,6-16)15(3)10-4-7(12)8(13)5-9(10)14/h4-5,16H,6,14H2,1-3H3. The van der Waals surface area contributed by atoms with Crippen molar-refractivity contribution in [1.82, 2.24) is 0 Å². The summed E-state index contributed by atoms with van der Waals surface area (Å²) in [7, 11) is 1.79. The highest BCUT2D eigenvalue weighted by atomic mass is 127. The minimum absolute atomic E-state index is 0.0312. The number of nitrogens with zero attached hydrogens (tertiary/aromatic N) is 1. The fourth-order valence-electron chi connectivity index (χ4n) is 1.27. The number of rotatable bonds is 3. The van der Waals surface area contributed by atoms with E-state index >= 15 is 0 Å². The molecule has 0 aliphatic heterocycles. The molecular weight excluding hydrogens is 322 g/mol. The van der Waals surface area contributed by atoms with Crippen LogP contribution < -0.4 is 10.6 Å². The van der Waals surface area contributed by atoms with Crippen LogP contribution in [0.5, 0.6) is 0 Å². The molecule has 0 fully saturated rings. The van der Waals surface area contributed by atoms with Gasteiger partial charge in [-0.1, -0.05) is 0 Å². The van der Waals surface area contributed by atoms with Gasteiger partial charge in [0.2, 0.25) is 0 Å². The van der Waals surface area contributed by atoms with E-state index in [1.165, 1.54) is 6.07 Å². The molecule has 1 aromatic carbocycles. The first-order valence-electron chi connectivity index (χ1n) is 4.89. The van der Waals surface area contributed by atoms with Crippen LogP contribution >= 0.6 is 22.6 Å². The van der Waals surface area contributed by atoms with Crippen LogP contribution in [0.3, 0.4) is 0 Å². The summed E-state index contributed by atoms with van der Waals surface area (Å²) in [5.74, 6) is -0.301. The molecule has 0 aliphatic carbocycles. The maximum atomic E-state index is 13.5. The van der Waals surface area contributed by atoms with Gasteiger partial charge in [-0.05, 0) is 42.5 Å². The van der Waals surface area contributed by atoms with Gasteiger partial charge in [0.05, 0.1) is 27.1 Å². The topological polar surface area (TPSA) is 49.5 Å². The summed E-state index contributed by atoms with van der Waals surface area (Å²) in [6.07, 6.45) is 0. The van der Waals surface area contributed by atoms with E-state index in [2.05, 4.69) is 0 Å². The molecule has 0 radical (unpaired) electrons. The summed E-state index contributed by atoms with van der Waals surface area (Å²) in [4.78, 5) is 1.78. The average Bonchev–Trinajstić information content (AvgIpc) is 2.22. The first kappa shape index (κ1) is 13.5. The van der Waals surface area contributed by atoms with Crippen molar-refractivity contribution in [3.05, 3.63) is 21.5 Å². The summed E-state index contributed by atoms with van der Waals surface area (Å²) in [6.45, 7) is 3.70. The molecule has 0 aliphatic rings. The Labute approximate surface area is 109 Å². The number of aliphatic hydroxyl groups is 1. The van der Waals surface area contributed by atoms with E-state index in [1.54, 1.807) is 18.0 Å². The van der Waals surface area contributed by atoms with E-state index in [0.717, 1.165) is 0 Å². The van der Waals surface area contributed by atoms with Crippen LogP contribution in [0, 0.1) is 9.39 Å². The van der Waals surface area contributed by atoms with Gasteiger partial charge in [0.15, 0.2) is 0 Å². The van der Waals surface area contributed by atoms with E-state index in [4.69, 9.17) is 5.73 Å². The molecule has 0 unspecified atom stereocenters. The molecular formula is C11H16FIN2O. The second kappa shape index (κ2) is 4.75. The highest BCUT2D eigenvalue weighted by Gasteiger charge is 2.24. The maximum absolute atomic E-state index is 13.5. The number of likely N-dealkylation sites (N-methyl/N-ethyl adjacent to an activating group) is 1. The van der Waals surface area contributed by atoms with Crippen molar-refractivity contribution in [1.29, 1.82) is 0 Å². The Morgan fingerprint density at radius 1 is 1.50 bits per heavy atom. The maximum Gasteiger partial charge on any atom is 0.138 e. The van der Waals surface area contributed by atoms with Crippen molar-refractivity contribution in [2.75, 3.05) is 24.3 Å². The largest absolute Gasteiger partial charge is 0.397 e. The quantitative estimate of drug-likeness (QED) is 0.656. The average molecular weight is 338 g/mol. The number of anilines is 2. The zero-order valence-electron chi connectivity index (χ0n) is 9.59. The minimum atomic E-state index is -0.479. The summed E-state index contributed by atoms with van der Waals surface area (Å²) in [5.41, 5.74) is 6.47. The third kappa shape index (κ3) is 2.57. The molecule has 5 heteroatoms. The molecule has 0 atom stereocenters. The zero-order chi connectivity index (χ0) is 12.5. The molecule has 0 spiro atoms. The Bertz CT molecular complexity index is 396. The monoisotopic (exact) mass is 338 g/mol. The first-order chi connectivity index (χ1) is 7.29. The predicted octanol–water partition coefficient (Wildman–Crippen LogP) is 2.22. The molecule has 90 valence electrons. The van der Waals surface area contributed by atoms with Crippen LogP contribution in [0.25, 0.3) is 0 Å². The molecule has 3 N–H and O–H groups in total. The molecule has 0 saturated carbocycles. The molecule has 0 aromatic heterocycles. The lowest BCUT2D eigenvalue weighted by atomic mass is 10.0. The third-order valence-electron chi connectivity index (χ3n) is 2.73. The van der Waals surface area contributed by atoms with E-state index < -0.39 is 5.54 Å². The predicted molar refractivity (Wildman–Crippen MR) is 73.1 cm³/mol. The third-order valence-corrected chi connectivity index (χ3v) is 3.55. The van der Waals surface area contributed by atoms with Gasteiger partial charge in [0.1, 0.15) is 5.82 Å². The lowest BCUT2D eigenvalue weighted by Crippen LogP contribution is -2.44. The van der Waals surface area contributed by atoms with Gasteiger partial charge in [-0.2, -0.15) is 0 Å². The van der Waals surface area contributed by atoms with E-state index in [0.29, 0.717) is 14.9 Å². The van der Waals surface area contributed by atoms with E-state index in [9.17, 15) is 9.50 Å². The molecule has 3 nitrogen and oxygen atoms in total. The number of nitrogen functional groups attached to an aromatic ring is 1. The highest BCUT2D eigenvalue weighted by Crippen LogP contribution is 2.30. The normalized spacial score (nSPS) is 11.6. The minimum Gasteiger partial charge on any atom is -0.397 e. The zero-order valence-corrected chi connectivity index (χ0v) is 11.7. The van der Waals surface area contributed by atoms with Crippen LogP contribution in [0.1, 0.15) is 13.8 Å². The molecule has 0 heterocycles. The SMILES string of the molecule is CN(c1cc(F)c(I)cc1N)C(C)(C)CO. The number of benzene rings is 1. The van der Waals surface area contributed by atoms with E-state index in [-0.39, 0.29) is 12.4 Å². The Balaban J connectivity index is 3.19. The van der Waals surface area contributed by atoms with Crippen LogP contribution in [0.4, 0.5) is 15.8 Å². The summed E-state index contributed by atoms with van der Waals surface area (Å²) in [6, 6.07) is 2.99. The summed E-state index contributed by atoms with van der Waals surface area (Å²) in [5, 5.41) is 9.26. The second-order valence-corrected chi connectivity index (χ2v) is 5.52. The number of nitrogens with two attached hydrogens (primary N) is 1. The van der Waals surface area contributed by atoms with Gasteiger partial charge in [0.25, 0.3) is 0 Å². The molecule has 16 heavy (non-hydrogen) atoms. The molecule has 1 aromatic rings. The van der Waals surface area contributed by atoms with Crippen LogP contribution in [0.2, 0.25) is 0 Å². The number of hydrogen-bond acceptors (Lipinski definition) is 3. The first-order valence-corrected chi connectivity index (χ1v) is 5.96. The smallest absolute Gasteiger partial charge is 0.138 e. The van der Waals surface area contributed by atoms with Gasteiger partial charge in [-0.25, -0.2) is 4.39 Å². The van der Waals surface area contributed by atoms with Gasteiger partial charge in [-0.15, -0.1) is 0 Å². The fourth-order valence-corrected chi connectivity index (χ4v) is 1.77. The summed E-state index contributed by atoms with van der Waals surface area (Å²) < 4.78 is 14.0. The summed E-state index contributed by atoms with van der Waals surface area (Å²) >= 11 is 1.90. The van der Waals surface area contributed by atoms with Crippen LogP contribution in [-0.2, 0) is 0 Å². The number of halogens is 2. The Morgan fingerprint density at radius 3 is 2.56 bits per heavy atom. The fraction of sp³-hybridized carbons (Fsp3) is 0.455. The van der Waals surface area contributed by atoms with Crippen LogP contribution in [0.15, 0.2) is 12.1 Å². The van der Waals surface area contributed by atoms with Gasteiger partial charge < -0.3 is 15.7 Å². The Kier molecular flexibility index (Phi) is 4.01. The van der Waals surface area contributed by atoms with Crippen molar-refractivity contribution in [3.8, 4) is 0 Å². The highest BCUT2D eigenvalue weighted by molar-refractivity contribution is 14.1. The van der Waals surface area contributed by atoms with Crippen molar-refractivity contribution in [2.45, 2.75) is 19.4 Å². The number of hydrogen-bond donors (Lipinski definition) is 2. The van der Waals surface area contributed by atoms with Crippen molar-refractivity contribution in [2.24, 2.45) is 0 Å². The molecule has 0 amide bonds. The van der Waals surface area contributed by atoms with Crippen LogP contribution in [-0.4, -0.2) is 24.3 Å². The van der Waals surface area contributed by atoms with Crippen molar-refractivity contribution in [3.63, 3.8) is 0 Å². The lowest BCUT2D eigenvalue weighted by molar-refractivity contribution is 0.216. The van der Waals surface area contributed by atoms with Crippen molar-refractivity contribution < 1.29 is 9.50 Å². The van der Waals surface area contributed by atoms with Gasteiger partial charge in [0, 0.05) is 13.1 Å². The second-order valence-electron chi connectivity index (χ2n) is 4.35. The van der Waals surface area contributed by atoms with E-state index in [1.807, 2.05) is 36.4 Å². The van der Waals surface area contributed by atoms with Crippen molar-refractivity contribution >= 4 is 34.0 Å². The Morgan fingerprint density at radius 2 is 2.06 bits per heavy atom.